The SMILES string of the molecule is CCOC1CC(NC(=O)c2cc(Cl)c(Cl)c([N+](=O)[O-])c2)C1. The maximum absolute atomic E-state index is 12.1. The van der Waals surface area contributed by atoms with E-state index in [1.807, 2.05) is 6.92 Å². The molecule has 1 saturated carbocycles. The van der Waals surface area contributed by atoms with Gasteiger partial charge in [-0.05, 0) is 25.8 Å². The lowest BCUT2D eigenvalue weighted by atomic mass is 9.89. The van der Waals surface area contributed by atoms with Gasteiger partial charge >= 0.3 is 0 Å². The van der Waals surface area contributed by atoms with Crippen LogP contribution in [0.4, 0.5) is 5.69 Å². The van der Waals surface area contributed by atoms with Crippen LogP contribution in [0.3, 0.4) is 0 Å². The summed E-state index contributed by atoms with van der Waals surface area (Å²) in [5.74, 6) is -0.406. The van der Waals surface area contributed by atoms with E-state index in [9.17, 15) is 14.9 Å². The minimum atomic E-state index is -0.667. The Morgan fingerprint density at radius 3 is 2.71 bits per heavy atom. The van der Waals surface area contributed by atoms with E-state index in [0.29, 0.717) is 6.61 Å². The van der Waals surface area contributed by atoms with Gasteiger partial charge in [0.2, 0.25) is 0 Å². The maximum Gasteiger partial charge on any atom is 0.290 e. The molecule has 0 spiro atoms. The fourth-order valence-electron chi connectivity index (χ4n) is 2.16. The molecule has 8 heteroatoms. The van der Waals surface area contributed by atoms with Crippen molar-refractivity contribution in [3.63, 3.8) is 0 Å². The van der Waals surface area contributed by atoms with Gasteiger partial charge in [-0.1, -0.05) is 23.2 Å². The van der Waals surface area contributed by atoms with E-state index in [1.54, 1.807) is 0 Å². The highest BCUT2D eigenvalue weighted by molar-refractivity contribution is 6.43. The zero-order valence-corrected chi connectivity index (χ0v) is 12.8. The Morgan fingerprint density at radius 1 is 1.48 bits per heavy atom. The summed E-state index contributed by atoms with van der Waals surface area (Å²) in [6, 6.07) is 2.47. The predicted octanol–water partition coefficient (Wildman–Crippen LogP) is 3.20. The number of nitro groups is 1. The smallest absolute Gasteiger partial charge is 0.290 e. The second-order valence-corrected chi connectivity index (χ2v) is 5.55. The van der Waals surface area contributed by atoms with Crippen LogP contribution in [0.15, 0.2) is 12.1 Å². The van der Waals surface area contributed by atoms with E-state index in [0.717, 1.165) is 18.9 Å². The summed E-state index contributed by atoms with van der Waals surface area (Å²) < 4.78 is 5.40. The molecule has 114 valence electrons. The summed E-state index contributed by atoms with van der Waals surface area (Å²) in [6.07, 6.45) is 1.65. The molecule has 1 amide bonds. The Kier molecular flexibility index (Phi) is 5.03. The molecule has 0 heterocycles. The molecule has 6 nitrogen and oxygen atoms in total. The molecule has 1 N–H and O–H groups in total. The Balaban J connectivity index is 2.05. The fraction of sp³-hybridized carbons (Fsp3) is 0.462. The van der Waals surface area contributed by atoms with Crippen LogP contribution in [0.2, 0.25) is 10.0 Å². The van der Waals surface area contributed by atoms with Crippen LogP contribution >= 0.6 is 23.2 Å². The van der Waals surface area contributed by atoms with Crippen molar-refractivity contribution in [3.05, 3.63) is 37.9 Å². The number of carbonyl (C=O) groups is 1. The largest absolute Gasteiger partial charge is 0.378 e. The molecule has 0 radical (unpaired) electrons. The quantitative estimate of drug-likeness (QED) is 0.663. The van der Waals surface area contributed by atoms with Crippen LogP contribution in [0.25, 0.3) is 0 Å². The zero-order valence-electron chi connectivity index (χ0n) is 11.3. The average Bonchev–Trinajstić information content (AvgIpc) is 2.38. The number of benzene rings is 1. The third-order valence-corrected chi connectivity index (χ3v) is 4.09. The minimum Gasteiger partial charge on any atom is -0.378 e. The molecule has 1 aromatic rings. The Hall–Kier alpha value is -1.37. The van der Waals surface area contributed by atoms with E-state index >= 15 is 0 Å². The highest BCUT2D eigenvalue weighted by atomic mass is 35.5. The standard InChI is InChI=1S/C13H14Cl2N2O4/c1-2-21-9-5-8(6-9)16-13(18)7-3-10(14)12(15)11(4-7)17(19)20/h3-4,8-9H,2,5-6H2,1H3,(H,16,18). The van der Waals surface area contributed by atoms with Gasteiger partial charge in [-0.3, -0.25) is 14.9 Å². The number of hydrogen-bond acceptors (Lipinski definition) is 4. The number of hydrogen-bond donors (Lipinski definition) is 1. The molecule has 0 aromatic heterocycles. The minimum absolute atomic E-state index is 0.0163. The lowest BCUT2D eigenvalue weighted by Gasteiger charge is -2.35. The predicted molar refractivity (Wildman–Crippen MR) is 79.0 cm³/mol. The van der Waals surface area contributed by atoms with Crippen molar-refractivity contribution >= 4 is 34.8 Å². The van der Waals surface area contributed by atoms with Crippen molar-refractivity contribution in [1.29, 1.82) is 0 Å². The second-order valence-electron chi connectivity index (χ2n) is 4.77. The zero-order chi connectivity index (χ0) is 15.6. The summed E-state index contributed by atoms with van der Waals surface area (Å²) in [7, 11) is 0. The van der Waals surface area contributed by atoms with Crippen molar-refractivity contribution in [2.75, 3.05) is 6.61 Å². The summed E-state index contributed by atoms with van der Waals surface area (Å²) in [4.78, 5) is 22.3. The molecule has 0 atom stereocenters. The number of amides is 1. The van der Waals surface area contributed by atoms with Gasteiger partial charge in [0, 0.05) is 24.3 Å². The number of nitrogens with one attached hydrogen (secondary N) is 1. The van der Waals surface area contributed by atoms with Crippen LogP contribution < -0.4 is 5.32 Å². The first-order chi connectivity index (χ1) is 9.92. The average molecular weight is 333 g/mol. The molecule has 21 heavy (non-hydrogen) atoms. The molecular weight excluding hydrogens is 319 g/mol. The molecule has 0 bridgehead atoms. The van der Waals surface area contributed by atoms with Crippen molar-refractivity contribution in [3.8, 4) is 0 Å². The Labute approximate surface area is 131 Å². The Bertz CT molecular complexity index is 574. The van der Waals surface area contributed by atoms with Gasteiger partial charge in [-0.2, -0.15) is 0 Å². The van der Waals surface area contributed by atoms with Crippen LogP contribution in [0.1, 0.15) is 30.1 Å². The fourth-order valence-corrected chi connectivity index (χ4v) is 2.55. The van der Waals surface area contributed by atoms with Crippen LogP contribution in [0.5, 0.6) is 0 Å². The number of rotatable bonds is 5. The highest BCUT2D eigenvalue weighted by Crippen LogP contribution is 2.33. The molecule has 1 aliphatic carbocycles. The van der Waals surface area contributed by atoms with Crippen LogP contribution in [0, 0.1) is 10.1 Å². The normalized spacial score (nSPS) is 20.7. The van der Waals surface area contributed by atoms with E-state index in [2.05, 4.69) is 5.32 Å². The first kappa shape index (κ1) is 16.0. The molecule has 1 fully saturated rings. The lowest BCUT2D eigenvalue weighted by Crippen LogP contribution is -2.47. The molecule has 0 saturated heterocycles. The molecule has 1 aromatic carbocycles. The molecule has 0 aliphatic heterocycles. The summed E-state index contributed by atoms with van der Waals surface area (Å²) in [5.41, 5.74) is -0.258. The van der Waals surface area contributed by atoms with Crippen molar-refractivity contribution in [2.24, 2.45) is 0 Å². The summed E-state index contributed by atoms with van der Waals surface area (Å²) in [5, 5.41) is 13.5. The van der Waals surface area contributed by atoms with E-state index in [4.69, 9.17) is 27.9 Å². The topological polar surface area (TPSA) is 81.5 Å². The highest BCUT2D eigenvalue weighted by Gasteiger charge is 2.31. The third kappa shape index (κ3) is 3.64. The first-order valence-electron chi connectivity index (χ1n) is 6.48. The molecular formula is C13H14Cl2N2O4. The van der Waals surface area contributed by atoms with E-state index < -0.39 is 10.8 Å². The third-order valence-electron chi connectivity index (χ3n) is 3.30. The maximum atomic E-state index is 12.1. The van der Waals surface area contributed by atoms with Gasteiger partial charge in [0.1, 0.15) is 5.02 Å². The van der Waals surface area contributed by atoms with E-state index in [-0.39, 0.29) is 33.4 Å². The summed E-state index contributed by atoms with van der Waals surface area (Å²) >= 11 is 11.6. The Morgan fingerprint density at radius 2 is 2.14 bits per heavy atom. The van der Waals surface area contributed by atoms with Crippen LogP contribution in [-0.4, -0.2) is 29.6 Å². The van der Waals surface area contributed by atoms with Gasteiger partial charge in [-0.15, -0.1) is 0 Å². The number of nitro benzene ring substituents is 1. The molecule has 2 rings (SSSR count). The molecule has 1 aliphatic rings. The van der Waals surface area contributed by atoms with Gasteiger partial charge in [-0.25, -0.2) is 0 Å². The van der Waals surface area contributed by atoms with E-state index in [1.165, 1.54) is 6.07 Å². The van der Waals surface area contributed by atoms with Gasteiger partial charge in [0.25, 0.3) is 11.6 Å². The monoisotopic (exact) mass is 332 g/mol. The number of carbonyl (C=O) groups excluding carboxylic acids is 1. The number of halogens is 2. The molecule has 0 unspecified atom stereocenters. The number of nitrogens with zero attached hydrogens (tertiary/aromatic N) is 1. The van der Waals surface area contributed by atoms with Crippen LogP contribution in [-0.2, 0) is 4.74 Å². The van der Waals surface area contributed by atoms with Gasteiger partial charge in [0.15, 0.2) is 0 Å². The lowest BCUT2D eigenvalue weighted by molar-refractivity contribution is -0.384. The number of ether oxygens (including phenoxy) is 1. The van der Waals surface area contributed by atoms with Crippen molar-refractivity contribution in [1.82, 2.24) is 5.32 Å². The van der Waals surface area contributed by atoms with Crippen molar-refractivity contribution in [2.45, 2.75) is 31.9 Å². The second kappa shape index (κ2) is 6.60. The first-order valence-corrected chi connectivity index (χ1v) is 7.23. The van der Waals surface area contributed by atoms with Crippen molar-refractivity contribution < 1.29 is 14.5 Å². The van der Waals surface area contributed by atoms with Gasteiger partial charge < -0.3 is 10.1 Å². The van der Waals surface area contributed by atoms with Gasteiger partial charge in [0.05, 0.1) is 16.0 Å². The summed E-state index contributed by atoms with van der Waals surface area (Å²) in [6.45, 7) is 2.56.